The van der Waals surface area contributed by atoms with Gasteiger partial charge in [0.25, 0.3) is 0 Å². The second-order valence-electron chi connectivity index (χ2n) is 5.43. The molecule has 1 aliphatic rings. The standard InChI is InChI=1S/C14H22N2O2S/c1-11(2)16-19(17,18)14-9-7-13(8-10-14)15-12-5-3-4-6-12/h7-12,15-16H,3-6H2,1-2H3. The van der Waals surface area contributed by atoms with Crippen molar-refractivity contribution in [1.82, 2.24) is 4.72 Å². The summed E-state index contributed by atoms with van der Waals surface area (Å²) in [6.07, 6.45) is 4.97. The normalized spacial score (nSPS) is 17.0. The average molecular weight is 282 g/mol. The molecule has 1 fully saturated rings. The zero-order valence-electron chi connectivity index (χ0n) is 11.5. The quantitative estimate of drug-likeness (QED) is 0.873. The zero-order valence-corrected chi connectivity index (χ0v) is 12.3. The van der Waals surface area contributed by atoms with Crippen LogP contribution in [-0.4, -0.2) is 20.5 Å². The number of benzene rings is 1. The van der Waals surface area contributed by atoms with Gasteiger partial charge in [-0.3, -0.25) is 0 Å². The second-order valence-corrected chi connectivity index (χ2v) is 7.14. The lowest BCUT2D eigenvalue weighted by Gasteiger charge is -2.14. The van der Waals surface area contributed by atoms with E-state index in [1.54, 1.807) is 12.1 Å². The minimum absolute atomic E-state index is 0.0960. The van der Waals surface area contributed by atoms with E-state index in [9.17, 15) is 8.42 Å². The molecule has 0 radical (unpaired) electrons. The van der Waals surface area contributed by atoms with Crippen LogP contribution in [0.4, 0.5) is 5.69 Å². The van der Waals surface area contributed by atoms with Crippen molar-refractivity contribution in [2.75, 3.05) is 5.32 Å². The van der Waals surface area contributed by atoms with Crippen molar-refractivity contribution in [3.8, 4) is 0 Å². The molecule has 1 aliphatic carbocycles. The number of rotatable bonds is 5. The maximum absolute atomic E-state index is 12.0. The van der Waals surface area contributed by atoms with E-state index in [0.717, 1.165) is 5.69 Å². The van der Waals surface area contributed by atoms with Gasteiger partial charge in [-0.2, -0.15) is 0 Å². The van der Waals surface area contributed by atoms with E-state index >= 15 is 0 Å². The largest absolute Gasteiger partial charge is 0.382 e. The Labute approximate surface area is 115 Å². The maximum Gasteiger partial charge on any atom is 0.240 e. The fourth-order valence-electron chi connectivity index (χ4n) is 2.41. The molecule has 2 rings (SSSR count). The lowest BCUT2D eigenvalue weighted by Crippen LogP contribution is -2.30. The van der Waals surface area contributed by atoms with E-state index < -0.39 is 10.0 Å². The van der Waals surface area contributed by atoms with Crippen molar-refractivity contribution >= 4 is 15.7 Å². The molecule has 0 saturated heterocycles. The first-order valence-electron chi connectivity index (χ1n) is 6.86. The summed E-state index contributed by atoms with van der Waals surface area (Å²) >= 11 is 0. The minimum atomic E-state index is -3.38. The molecule has 5 heteroatoms. The van der Waals surface area contributed by atoms with Gasteiger partial charge in [-0.05, 0) is 51.0 Å². The van der Waals surface area contributed by atoms with Gasteiger partial charge in [0.1, 0.15) is 0 Å². The Hall–Kier alpha value is -1.07. The summed E-state index contributed by atoms with van der Waals surface area (Å²) < 4.78 is 26.5. The molecule has 0 heterocycles. The van der Waals surface area contributed by atoms with Gasteiger partial charge in [0.15, 0.2) is 0 Å². The SMILES string of the molecule is CC(C)NS(=O)(=O)c1ccc(NC2CCCC2)cc1. The Kier molecular flexibility index (Phi) is 4.47. The lowest BCUT2D eigenvalue weighted by molar-refractivity contribution is 0.570. The molecule has 0 spiro atoms. The van der Waals surface area contributed by atoms with Crippen LogP contribution in [0.25, 0.3) is 0 Å². The molecule has 4 nitrogen and oxygen atoms in total. The lowest BCUT2D eigenvalue weighted by atomic mass is 10.2. The molecule has 1 saturated carbocycles. The van der Waals surface area contributed by atoms with Crippen LogP contribution in [0.1, 0.15) is 39.5 Å². The van der Waals surface area contributed by atoms with Crippen LogP contribution in [0.3, 0.4) is 0 Å². The summed E-state index contributed by atoms with van der Waals surface area (Å²) in [4.78, 5) is 0.318. The molecule has 1 aromatic carbocycles. The topological polar surface area (TPSA) is 58.2 Å². The highest BCUT2D eigenvalue weighted by molar-refractivity contribution is 7.89. The first-order valence-corrected chi connectivity index (χ1v) is 8.34. The minimum Gasteiger partial charge on any atom is -0.382 e. The third-order valence-corrected chi connectivity index (χ3v) is 4.96. The van der Waals surface area contributed by atoms with Crippen LogP contribution >= 0.6 is 0 Å². The number of hydrogen-bond donors (Lipinski definition) is 2. The van der Waals surface area contributed by atoms with Gasteiger partial charge in [-0.15, -0.1) is 0 Å². The molecule has 0 unspecified atom stereocenters. The van der Waals surface area contributed by atoms with Crippen molar-refractivity contribution in [2.24, 2.45) is 0 Å². The smallest absolute Gasteiger partial charge is 0.240 e. The monoisotopic (exact) mass is 282 g/mol. The molecular weight excluding hydrogens is 260 g/mol. The second kappa shape index (κ2) is 5.92. The van der Waals surface area contributed by atoms with Crippen LogP contribution in [0.2, 0.25) is 0 Å². The highest BCUT2D eigenvalue weighted by Gasteiger charge is 2.17. The van der Waals surface area contributed by atoms with Gasteiger partial charge in [-0.25, -0.2) is 13.1 Å². The Morgan fingerprint density at radius 1 is 1.11 bits per heavy atom. The van der Waals surface area contributed by atoms with E-state index in [1.807, 2.05) is 26.0 Å². The van der Waals surface area contributed by atoms with Crippen molar-refractivity contribution < 1.29 is 8.42 Å². The van der Waals surface area contributed by atoms with E-state index in [-0.39, 0.29) is 6.04 Å². The number of sulfonamides is 1. The molecule has 0 bridgehead atoms. The van der Waals surface area contributed by atoms with Gasteiger partial charge >= 0.3 is 0 Å². The fourth-order valence-corrected chi connectivity index (χ4v) is 3.67. The van der Waals surface area contributed by atoms with Crippen molar-refractivity contribution in [3.63, 3.8) is 0 Å². The van der Waals surface area contributed by atoms with Gasteiger partial charge < -0.3 is 5.32 Å². The molecule has 1 aromatic rings. The molecule has 19 heavy (non-hydrogen) atoms. The predicted molar refractivity (Wildman–Crippen MR) is 77.8 cm³/mol. The molecule has 0 aromatic heterocycles. The van der Waals surface area contributed by atoms with Crippen molar-refractivity contribution in [2.45, 2.75) is 56.5 Å². The fraction of sp³-hybridized carbons (Fsp3) is 0.571. The van der Waals surface area contributed by atoms with Gasteiger partial charge in [-0.1, -0.05) is 12.8 Å². The van der Waals surface area contributed by atoms with E-state index in [1.165, 1.54) is 25.7 Å². The number of hydrogen-bond acceptors (Lipinski definition) is 3. The van der Waals surface area contributed by atoms with E-state index in [0.29, 0.717) is 10.9 Å². The molecule has 2 N–H and O–H groups in total. The first kappa shape index (κ1) is 14.3. The van der Waals surface area contributed by atoms with Crippen LogP contribution in [-0.2, 0) is 10.0 Å². The van der Waals surface area contributed by atoms with Gasteiger partial charge in [0.2, 0.25) is 10.0 Å². The average Bonchev–Trinajstić information content (AvgIpc) is 2.81. The molecular formula is C14H22N2O2S. The Bertz CT molecular complexity index is 503. The van der Waals surface area contributed by atoms with E-state index in [2.05, 4.69) is 10.0 Å². The molecule has 0 atom stereocenters. The molecule has 0 amide bonds. The summed E-state index contributed by atoms with van der Waals surface area (Å²) in [7, 11) is -3.38. The van der Waals surface area contributed by atoms with Crippen LogP contribution in [0.15, 0.2) is 29.2 Å². The summed E-state index contributed by atoms with van der Waals surface area (Å²) in [6.45, 7) is 3.63. The Morgan fingerprint density at radius 2 is 1.68 bits per heavy atom. The summed E-state index contributed by atoms with van der Waals surface area (Å²) in [5.41, 5.74) is 0.996. The molecule has 106 valence electrons. The summed E-state index contributed by atoms with van der Waals surface area (Å²) in [5, 5.41) is 3.45. The van der Waals surface area contributed by atoms with Crippen molar-refractivity contribution in [3.05, 3.63) is 24.3 Å². The Balaban J connectivity index is 2.05. The van der Waals surface area contributed by atoms with Crippen LogP contribution in [0, 0.1) is 0 Å². The Morgan fingerprint density at radius 3 is 2.21 bits per heavy atom. The third kappa shape index (κ3) is 3.94. The van der Waals surface area contributed by atoms with E-state index in [4.69, 9.17) is 0 Å². The third-order valence-electron chi connectivity index (χ3n) is 3.28. The van der Waals surface area contributed by atoms with Gasteiger partial charge in [0.05, 0.1) is 4.90 Å². The highest BCUT2D eigenvalue weighted by Crippen LogP contribution is 2.23. The zero-order chi connectivity index (χ0) is 13.9. The summed E-state index contributed by atoms with van der Waals surface area (Å²) in [6, 6.07) is 7.43. The maximum atomic E-state index is 12.0. The van der Waals surface area contributed by atoms with Crippen LogP contribution in [0.5, 0.6) is 0 Å². The van der Waals surface area contributed by atoms with Crippen molar-refractivity contribution in [1.29, 1.82) is 0 Å². The number of anilines is 1. The highest BCUT2D eigenvalue weighted by atomic mass is 32.2. The number of nitrogens with one attached hydrogen (secondary N) is 2. The predicted octanol–water partition coefficient (Wildman–Crippen LogP) is 2.73. The summed E-state index contributed by atoms with van der Waals surface area (Å²) in [5.74, 6) is 0. The molecule has 0 aliphatic heterocycles. The first-order chi connectivity index (χ1) is 8.97. The van der Waals surface area contributed by atoms with Gasteiger partial charge in [0, 0.05) is 17.8 Å². The van der Waals surface area contributed by atoms with Crippen LogP contribution < -0.4 is 10.0 Å².